The van der Waals surface area contributed by atoms with Gasteiger partial charge in [0.2, 0.25) is 0 Å². The van der Waals surface area contributed by atoms with E-state index in [1.54, 1.807) is 0 Å². The number of hydrogen-bond donors (Lipinski definition) is 1. The van der Waals surface area contributed by atoms with E-state index in [-0.39, 0.29) is 0 Å². The molecule has 0 aliphatic carbocycles. The molecule has 0 radical (unpaired) electrons. The van der Waals surface area contributed by atoms with Crippen molar-refractivity contribution in [3.05, 3.63) is 59.7 Å². The van der Waals surface area contributed by atoms with Gasteiger partial charge in [-0.15, -0.1) is 0 Å². The lowest BCUT2D eigenvalue weighted by Gasteiger charge is -2.24. The second-order valence-corrected chi connectivity index (χ2v) is 4.62. The molecule has 3 rings (SSSR count). The number of nitrogens with zero attached hydrogens (tertiary/aromatic N) is 2. The van der Waals surface area contributed by atoms with Crippen LogP contribution in [0.5, 0.6) is 0 Å². The van der Waals surface area contributed by atoms with Crippen molar-refractivity contribution in [1.82, 2.24) is 5.32 Å². The number of nitriles is 1. The lowest BCUT2D eigenvalue weighted by molar-refractivity contribution is 0.712. The standard InChI is InChI=1S/C16H15N3/c17-11-13-4-3-6-15(10-13)19-9-8-18-12-14-5-1-2-7-16(14)19/h1-7,10,18H,8-9,12H2. The number of rotatable bonds is 1. The predicted molar refractivity (Wildman–Crippen MR) is 76.3 cm³/mol. The molecule has 0 saturated heterocycles. The molecule has 0 saturated carbocycles. The van der Waals surface area contributed by atoms with Crippen molar-refractivity contribution in [3.8, 4) is 6.07 Å². The van der Waals surface area contributed by atoms with E-state index < -0.39 is 0 Å². The summed E-state index contributed by atoms with van der Waals surface area (Å²) in [4.78, 5) is 2.27. The molecule has 3 nitrogen and oxygen atoms in total. The SMILES string of the molecule is N#Cc1cccc(N2CCNCc3ccccc32)c1. The van der Waals surface area contributed by atoms with E-state index in [1.165, 1.54) is 11.3 Å². The summed E-state index contributed by atoms with van der Waals surface area (Å²) in [5.74, 6) is 0. The van der Waals surface area contributed by atoms with Gasteiger partial charge >= 0.3 is 0 Å². The minimum atomic E-state index is 0.701. The van der Waals surface area contributed by atoms with E-state index >= 15 is 0 Å². The van der Waals surface area contributed by atoms with E-state index in [9.17, 15) is 0 Å². The highest BCUT2D eigenvalue weighted by Crippen LogP contribution is 2.30. The molecular formula is C16H15N3. The van der Waals surface area contributed by atoms with Crippen molar-refractivity contribution in [1.29, 1.82) is 5.26 Å². The third-order valence-corrected chi connectivity index (χ3v) is 3.40. The number of para-hydroxylation sites is 1. The second-order valence-electron chi connectivity index (χ2n) is 4.62. The molecule has 1 heterocycles. The zero-order valence-electron chi connectivity index (χ0n) is 10.6. The Kier molecular flexibility index (Phi) is 3.18. The van der Waals surface area contributed by atoms with Crippen molar-refractivity contribution >= 4 is 11.4 Å². The molecule has 2 aromatic rings. The molecule has 3 heteroatoms. The summed E-state index contributed by atoms with van der Waals surface area (Å²) >= 11 is 0. The Morgan fingerprint density at radius 2 is 2.00 bits per heavy atom. The third-order valence-electron chi connectivity index (χ3n) is 3.40. The normalized spacial score (nSPS) is 14.4. The number of hydrogen-bond acceptors (Lipinski definition) is 3. The van der Waals surface area contributed by atoms with Crippen LogP contribution in [0.25, 0.3) is 0 Å². The Balaban J connectivity index is 2.07. The first-order valence-electron chi connectivity index (χ1n) is 6.45. The van der Waals surface area contributed by atoms with Crippen LogP contribution in [0.1, 0.15) is 11.1 Å². The fraction of sp³-hybridized carbons (Fsp3) is 0.188. The van der Waals surface area contributed by atoms with Crippen LogP contribution in [0.15, 0.2) is 48.5 Å². The molecule has 1 aliphatic rings. The van der Waals surface area contributed by atoms with Crippen molar-refractivity contribution in [2.75, 3.05) is 18.0 Å². The first-order valence-corrected chi connectivity index (χ1v) is 6.45. The Bertz CT molecular complexity index is 628. The van der Waals surface area contributed by atoms with Gasteiger partial charge in [-0.1, -0.05) is 24.3 Å². The van der Waals surface area contributed by atoms with Crippen molar-refractivity contribution in [2.24, 2.45) is 0 Å². The quantitative estimate of drug-likeness (QED) is 0.844. The minimum absolute atomic E-state index is 0.701. The van der Waals surface area contributed by atoms with Crippen LogP contribution in [-0.2, 0) is 6.54 Å². The van der Waals surface area contributed by atoms with Gasteiger partial charge in [0.1, 0.15) is 0 Å². The summed E-state index contributed by atoms with van der Waals surface area (Å²) < 4.78 is 0. The minimum Gasteiger partial charge on any atom is -0.340 e. The summed E-state index contributed by atoms with van der Waals surface area (Å²) in [6.07, 6.45) is 0. The molecule has 2 aromatic carbocycles. The highest BCUT2D eigenvalue weighted by Gasteiger charge is 2.15. The molecule has 94 valence electrons. The highest BCUT2D eigenvalue weighted by molar-refractivity contribution is 5.68. The smallest absolute Gasteiger partial charge is 0.0992 e. The van der Waals surface area contributed by atoms with E-state index in [0.717, 1.165) is 25.3 Å². The largest absolute Gasteiger partial charge is 0.340 e. The fourth-order valence-corrected chi connectivity index (χ4v) is 2.47. The lowest BCUT2D eigenvalue weighted by atomic mass is 10.1. The van der Waals surface area contributed by atoms with Gasteiger partial charge in [0.05, 0.1) is 11.6 Å². The monoisotopic (exact) mass is 249 g/mol. The molecule has 1 aliphatic heterocycles. The van der Waals surface area contributed by atoms with E-state index in [4.69, 9.17) is 5.26 Å². The second kappa shape index (κ2) is 5.13. The van der Waals surface area contributed by atoms with Gasteiger partial charge in [0, 0.05) is 31.0 Å². The molecule has 0 bridgehead atoms. The molecule has 0 spiro atoms. The van der Waals surface area contributed by atoms with Gasteiger partial charge < -0.3 is 10.2 Å². The summed E-state index contributed by atoms with van der Waals surface area (Å²) in [5.41, 5.74) is 4.30. The number of fused-ring (bicyclic) bond motifs is 1. The van der Waals surface area contributed by atoms with Crippen LogP contribution in [0.2, 0.25) is 0 Å². The molecule has 0 aromatic heterocycles. The molecule has 0 fully saturated rings. The molecule has 1 N–H and O–H groups in total. The van der Waals surface area contributed by atoms with Crippen LogP contribution in [0.3, 0.4) is 0 Å². The van der Waals surface area contributed by atoms with Gasteiger partial charge in [-0.05, 0) is 29.8 Å². The molecule has 19 heavy (non-hydrogen) atoms. The van der Waals surface area contributed by atoms with Crippen molar-refractivity contribution in [2.45, 2.75) is 6.54 Å². The van der Waals surface area contributed by atoms with E-state index in [2.05, 4.69) is 46.6 Å². The summed E-state index contributed by atoms with van der Waals surface area (Å²) in [6, 6.07) is 18.4. The van der Waals surface area contributed by atoms with Gasteiger partial charge in [0.15, 0.2) is 0 Å². The fourth-order valence-electron chi connectivity index (χ4n) is 2.47. The van der Waals surface area contributed by atoms with Gasteiger partial charge in [-0.25, -0.2) is 0 Å². The van der Waals surface area contributed by atoms with Crippen LogP contribution in [0.4, 0.5) is 11.4 Å². The maximum Gasteiger partial charge on any atom is 0.0992 e. The van der Waals surface area contributed by atoms with E-state index in [1.807, 2.05) is 18.2 Å². The maximum absolute atomic E-state index is 9.03. The highest BCUT2D eigenvalue weighted by atomic mass is 15.2. The number of anilines is 2. The molecule has 0 unspecified atom stereocenters. The third kappa shape index (κ3) is 2.31. The van der Waals surface area contributed by atoms with Crippen molar-refractivity contribution < 1.29 is 0 Å². The van der Waals surface area contributed by atoms with Gasteiger partial charge in [0.25, 0.3) is 0 Å². The molecule has 0 amide bonds. The summed E-state index contributed by atoms with van der Waals surface area (Å²) in [7, 11) is 0. The summed E-state index contributed by atoms with van der Waals surface area (Å²) in [5, 5.41) is 12.5. The Morgan fingerprint density at radius 3 is 2.89 bits per heavy atom. The van der Waals surface area contributed by atoms with Gasteiger partial charge in [-0.3, -0.25) is 0 Å². The maximum atomic E-state index is 9.03. The summed E-state index contributed by atoms with van der Waals surface area (Å²) in [6.45, 7) is 2.74. The zero-order chi connectivity index (χ0) is 13.1. The molecule has 0 atom stereocenters. The Morgan fingerprint density at radius 1 is 1.11 bits per heavy atom. The van der Waals surface area contributed by atoms with Crippen LogP contribution >= 0.6 is 0 Å². The van der Waals surface area contributed by atoms with Crippen molar-refractivity contribution in [3.63, 3.8) is 0 Å². The van der Waals surface area contributed by atoms with Crippen LogP contribution in [-0.4, -0.2) is 13.1 Å². The number of nitrogens with one attached hydrogen (secondary N) is 1. The van der Waals surface area contributed by atoms with Crippen LogP contribution < -0.4 is 10.2 Å². The van der Waals surface area contributed by atoms with Gasteiger partial charge in [-0.2, -0.15) is 5.26 Å². The molecular weight excluding hydrogens is 234 g/mol. The first-order chi connectivity index (χ1) is 9.38. The predicted octanol–water partition coefficient (Wildman–Crippen LogP) is 2.80. The topological polar surface area (TPSA) is 39.1 Å². The number of benzene rings is 2. The van der Waals surface area contributed by atoms with E-state index in [0.29, 0.717) is 5.56 Å². The lowest BCUT2D eigenvalue weighted by Crippen LogP contribution is -2.24. The van der Waals surface area contributed by atoms with Crippen LogP contribution in [0, 0.1) is 11.3 Å². The zero-order valence-corrected chi connectivity index (χ0v) is 10.6. The Hall–Kier alpha value is -2.31. The average molecular weight is 249 g/mol. The average Bonchev–Trinajstić information content (AvgIpc) is 2.69. The first kappa shape index (κ1) is 11.8. The Labute approximate surface area is 113 Å².